The van der Waals surface area contributed by atoms with Gasteiger partial charge in [-0.15, -0.1) is 10.2 Å². The lowest BCUT2D eigenvalue weighted by atomic mass is 9.95. The second kappa shape index (κ2) is 8.27. The number of halogens is 2. The van der Waals surface area contributed by atoms with Gasteiger partial charge in [-0.25, -0.2) is 13.8 Å². The molecule has 0 saturated carbocycles. The van der Waals surface area contributed by atoms with Gasteiger partial charge in [0.15, 0.2) is 0 Å². The normalized spacial score (nSPS) is 16.1. The summed E-state index contributed by atoms with van der Waals surface area (Å²) < 4.78 is 26.3. The Morgan fingerprint density at radius 2 is 2.00 bits per heavy atom. The van der Waals surface area contributed by atoms with Crippen molar-refractivity contribution in [3.8, 4) is 10.6 Å². The van der Waals surface area contributed by atoms with Crippen LogP contribution >= 0.6 is 11.3 Å². The van der Waals surface area contributed by atoms with Gasteiger partial charge in [-0.05, 0) is 45.0 Å². The van der Waals surface area contributed by atoms with Crippen molar-refractivity contribution in [2.24, 2.45) is 5.92 Å². The van der Waals surface area contributed by atoms with E-state index in [0.29, 0.717) is 37.3 Å². The number of amides is 1. The number of hydrogen-bond acceptors (Lipinski definition) is 7. The molecule has 10 heteroatoms. The maximum Gasteiger partial charge on any atom is 0.257 e. The lowest BCUT2D eigenvalue weighted by Gasteiger charge is -2.32. The van der Waals surface area contributed by atoms with Crippen molar-refractivity contribution >= 4 is 34.0 Å². The van der Waals surface area contributed by atoms with Crippen molar-refractivity contribution in [1.82, 2.24) is 25.1 Å². The van der Waals surface area contributed by atoms with Crippen molar-refractivity contribution in [1.29, 1.82) is 0 Å². The molecule has 0 bridgehead atoms. The quantitative estimate of drug-likeness (QED) is 0.661. The van der Waals surface area contributed by atoms with E-state index in [9.17, 15) is 13.6 Å². The summed E-state index contributed by atoms with van der Waals surface area (Å²) in [4.78, 5) is 23.0. The number of hydrogen-bond donors (Lipinski definition) is 1. The Kier molecular flexibility index (Phi) is 5.70. The monoisotopic (exact) mass is 432 g/mol. The summed E-state index contributed by atoms with van der Waals surface area (Å²) in [7, 11) is 0. The fraction of sp³-hybridized carbons (Fsp3) is 0.450. The van der Waals surface area contributed by atoms with Crippen LogP contribution in [0.1, 0.15) is 24.8 Å². The van der Waals surface area contributed by atoms with Gasteiger partial charge in [0.1, 0.15) is 15.8 Å². The van der Waals surface area contributed by atoms with E-state index in [2.05, 4.69) is 25.5 Å². The number of pyridine rings is 2. The van der Waals surface area contributed by atoms with E-state index in [1.165, 1.54) is 11.3 Å². The Morgan fingerprint density at radius 1 is 1.23 bits per heavy atom. The van der Waals surface area contributed by atoms with E-state index in [-0.39, 0.29) is 18.4 Å². The molecule has 0 aromatic carbocycles. The van der Waals surface area contributed by atoms with Crippen molar-refractivity contribution in [2.45, 2.75) is 32.6 Å². The Labute approximate surface area is 176 Å². The molecule has 1 aliphatic rings. The SMILES string of the molecule is Cc1nnc(-c2cnc3cnc(NC(=O)C4CCN(CC(C)(F)F)CC4)cc3c2)s1. The summed E-state index contributed by atoms with van der Waals surface area (Å²) in [5.41, 5.74) is 1.57. The molecule has 0 atom stereocenters. The minimum atomic E-state index is -2.72. The van der Waals surface area contributed by atoms with E-state index < -0.39 is 5.92 Å². The zero-order chi connectivity index (χ0) is 21.3. The summed E-state index contributed by atoms with van der Waals surface area (Å²) in [5.74, 6) is -2.61. The molecule has 0 unspecified atom stereocenters. The van der Waals surface area contributed by atoms with Crippen LogP contribution in [0.2, 0.25) is 0 Å². The first-order valence-electron chi connectivity index (χ1n) is 9.74. The minimum absolute atomic E-state index is 0.131. The first kappa shape index (κ1) is 20.7. The summed E-state index contributed by atoms with van der Waals surface area (Å²) in [6.45, 7) is 3.52. The van der Waals surface area contributed by atoms with Crippen LogP contribution in [0, 0.1) is 12.8 Å². The Bertz CT molecular complexity index is 1060. The molecule has 1 saturated heterocycles. The van der Waals surface area contributed by atoms with E-state index in [0.717, 1.165) is 27.9 Å². The van der Waals surface area contributed by atoms with Crippen molar-refractivity contribution in [3.63, 3.8) is 0 Å². The van der Waals surface area contributed by atoms with Crippen LogP contribution in [0.15, 0.2) is 24.5 Å². The van der Waals surface area contributed by atoms with Crippen LogP contribution in [-0.4, -0.2) is 56.5 Å². The smallest absolute Gasteiger partial charge is 0.257 e. The summed E-state index contributed by atoms with van der Waals surface area (Å²) in [6, 6.07) is 3.73. The highest BCUT2D eigenvalue weighted by Crippen LogP contribution is 2.27. The predicted molar refractivity (Wildman–Crippen MR) is 112 cm³/mol. The predicted octanol–water partition coefficient (Wildman–Crippen LogP) is 3.76. The first-order valence-corrected chi connectivity index (χ1v) is 10.6. The molecule has 4 heterocycles. The van der Waals surface area contributed by atoms with Crippen LogP contribution in [0.25, 0.3) is 21.5 Å². The molecule has 1 aliphatic heterocycles. The largest absolute Gasteiger partial charge is 0.310 e. The van der Waals surface area contributed by atoms with Gasteiger partial charge in [0.2, 0.25) is 5.91 Å². The molecule has 30 heavy (non-hydrogen) atoms. The standard InChI is InChI=1S/C20H22F2N6OS/c1-12-26-27-19(30-12)15-7-14-8-17(24-10-16(14)23-9-15)25-18(29)13-3-5-28(6-4-13)11-20(2,21)22/h7-10,13H,3-6,11H2,1-2H3,(H,24,25,29). The number of carbonyl (C=O) groups is 1. The fourth-order valence-corrected chi connectivity index (χ4v) is 4.28. The number of fused-ring (bicyclic) bond motifs is 1. The third kappa shape index (κ3) is 4.93. The summed E-state index contributed by atoms with van der Waals surface area (Å²) in [6.07, 6.45) is 4.46. The topological polar surface area (TPSA) is 83.9 Å². The number of rotatable bonds is 5. The number of likely N-dealkylation sites (tertiary alicyclic amines) is 1. The summed E-state index contributed by atoms with van der Waals surface area (Å²) in [5, 5.41) is 13.5. The molecule has 3 aromatic heterocycles. The number of nitrogens with zero attached hydrogens (tertiary/aromatic N) is 5. The van der Waals surface area contributed by atoms with E-state index in [1.807, 2.05) is 13.0 Å². The molecular formula is C20H22F2N6OS. The van der Waals surface area contributed by atoms with Gasteiger partial charge < -0.3 is 5.32 Å². The molecule has 0 aliphatic carbocycles. The highest BCUT2D eigenvalue weighted by Gasteiger charge is 2.30. The zero-order valence-electron chi connectivity index (χ0n) is 16.7. The Morgan fingerprint density at radius 3 is 2.67 bits per heavy atom. The minimum Gasteiger partial charge on any atom is -0.310 e. The number of aryl methyl sites for hydroxylation is 1. The first-order chi connectivity index (χ1) is 14.3. The molecule has 0 spiro atoms. The zero-order valence-corrected chi connectivity index (χ0v) is 17.5. The van der Waals surface area contributed by atoms with Crippen LogP contribution in [0.5, 0.6) is 0 Å². The molecule has 0 radical (unpaired) electrons. The third-order valence-corrected chi connectivity index (χ3v) is 5.94. The maximum absolute atomic E-state index is 13.2. The lowest BCUT2D eigenvalue weighted by molar-refractivity contribution is -0.121. The highest BCUT2D eigenvalue weighted by molar-refractivity contribution is 7.14. The summed E-state index contributed by atoms with van der Waals surface area (Å²) >= 11 is 1.49. The van der Waals surface area contributed by atoms with Gasteiger partial charge in [-0.1, -0.05) is 11.3 Å². The second-order valence-electron chi connectivity index (χ2n) is 7.72. The van der Waals surface area contributed by atoms with Crippen LogP contribution in [-0.2, 0) is 4.79 Å². The maximum atomic E-state index is 13.2. The van der Waals surface area contributed by atoms with Gasteiger partial charge in [0.25, 0.3) is 5.92 Å². The van der Waals surface area contributed by atoms with Gasteiger partial charge in [0.05, 0.1) is 18.3 Å². The van der Waals surface area contributed by atoms with Gasteiger partial charge >= 0.3 is 0 Å². The molecule has 1 N–H and O–H groups in total. The average Bonchev–Trinajstić information content (AvgIpc) is 3.13. The number of nitrogens with one attached hydrogen (secondary N) is 1. The van der Waals surface area contributed by atoms with Crippen molar-refractivity contribution < 1.29 is 13.6 Å². The third-order valence-electron chi connectivity index (χ3n) is 5.05. The van der Waals surface area contributed by atoms with E-state index in [1.54, 1.807) is 23.4 Å². The molecular weight excluding hydrogens is 410 g/mol. The number of alkyl halides is 2. The van der Waals surface area contributed by atoms with Gasteiger partial charge in [-0.3, -0.25) is 14.7 Å². The van der Waals surface area contributed by atoms with E-state index >= 15 is 0 Å². The van der Waals surface area contributed by atoms with Crippen LogP contribution < -0.4 is 5.32 Å². The molecule has 158 valence electrons. The molecule has 7 nitrogen and oxygen atoms in total. The van der Waals surface area contributed by atoms with Gasteiger partial charge in [0, 0.05) is 30.0 Å². The van der Waals surface area contributed by atoms with Crippen LogP contribution in [0.4, 0.5) is 14.6 Å². The number of anilines is 1. The molecule has 1 fully saturated rings. The van der Waals surface area contributed by atoms with E-state index in [4.69, 9.17) is 0 Å². The fourth-order valence-electron chi connectivity index (χ4n) is 3.60. The number of aromatic nitrogens is 4. The Balaban J connectivity index is 1.43. The highest BCUT2D eigenvalue weighted by atomic mass is 32.1. The number of piperidine rings is 1. The second-order valence-corrected chi connectivity index (χ2v) is 8.90. The Hall–Kier alpha value is -2.59. The van der Waals surface area contributed by atoms with Gasteiger partial charge in [-0.2, -0.15) is 0 Å². The van der Waals surface area contributed by atoms with Crippen molar-refractivity contribution in [3.05, 3.63) is 29.5 Å². The van der Waals surface area contributed by atoms with Crippen LogP contribution in [0.3, 0.4) is 0 Å². The molecule has 1 amide bonds. The van der Waals surface area contributed by atoms with Crippen molar-refractivity contribution in [2.75, 3.05) is 25.0 Å². The molecule has 4 rings (SSSR count). The number of carbonyl (C=O) groups excluding carboxylic acids is 1. The average molecular weight is 433 g/mol. The lowest BCUT2D eigenvalue weighted by Crippen LogP contribution is -2.42. The molecule has 3 aromatic rings.